The van der Waals surface area contributed by atoms with Crippen LogP contribution in [0.5, 0.6) is 5.75 Å². The molecule has 2 N–H and O–H groups in total. The smallest absolute Gasteiger partial charge is 0.275 e. The van der Waals surface area contributed by atoms with Crippen molar-refractivity contribution < 1.29 is 9.53 Å². The number of amides is 1. The number of carbonyl (C=O) groups is 1. The zero-order valence-corrected chi connectivity index (χ0v) is 14.0. The Morgan fingerprint density at radius 2 is 1.76 bits per heavy atom. The van der Waals surface area contributed by atoms with Crippen LogP contribution >= 0.6 is 0 Å². The number of methoxy groups -OCH3 is 1. The molecule has 1 heterocycles. The summed E-state index contributed by atoms with van der Waals surface area (Å²) in [5, 5.41) is 5.95. The van der Waals surface area contributed by atoms with Crippen molar-refractivity contribution in [3.8, 4) is 5.75 Å². The highest BCUT2D eigenvalue weighted by molar-refractivity contribution is 6.03. The molecule has 0 aliphatic carbocycles. The van der Waals surface area contributed by atoms with E-state index in [9.17, 15) is 4.79 Å². The summed E-state index contributed by atoms with van der Waals surface area (Å²) in [6.07, 6.45) is 2.97. The Balaban J connectivity index is 1.67. The Labute approximate surface area is 145 Å². The van der Waals surface area contributed by atoms with Gasteiger partial charge in [0, 0.05) is 11.4 Å². The van der Waals surface area contributed by atoms with E-state index < -0.39 is 0 Å². The molecule has 0 unspecified atom stereocenters. The summed E-state index contributed by atoms with van der Waals surface area (Å²) in [5.74, 6) is 1.04. The lowest BCUT2D eigenvalue weighted by molar-refractivity contribution is 0.102. The number of nitrogens with one attached hydrogen (secondary N) is 2. The second kappa shape index (κ2) is 7.44. The van der Waals surface area contributed by atoms with E-state index in [1.54, 1.807) is 7.11 Å². The molecule has 0 aliphatic rings. The molecule has 0 saturated carbocycles. The molecule has 6 heteroatoms. The molecule has 0 bridgehead atoms. The second-order valence-electron chi connectivity index (χ2n) is 5.41. The standard InChI is InChI=1S/C19H18N4O2/c1-13-5-3-4-6-16(13)23-19(24)17-11-21-18(12-20-17)22-14-7-9-15(25-2)10-8-14/h3-12H,1-2H3,(H,21,22)(H,23,24). The van der Waals surface area contributed by atoms with Crippen molar-refractivity contribution in [3.05, 3.63) is 72.2 Å². The van der Waals surface area contributed by atoms with Crippen molar-refractivity contribution in [3.63, 3.8) is 0 Å². The Morgan fingerprint density at radius 3 is 2.40 bits per heavy atom. The summed E-state index contributed by atoms with van der Waals surface area (Å²) in [5.41, 5.74) is 2.85. The van der Waals surface area contributed by atoms with Crippen molar-refractivity contribution in [2.75, 3.05) is 17.7 Å². The molecule has 1 amide bonds. The largest absolute Gasteiger partial charge is 0.497 e. The van der Waals surface area contributed by atoms with Crippen molar-refractivity contribution in [2.45, 2.75) is 6.92 Å². The van der Waals surface area contributed by atoms with Crippen LogP contribution in [-0.2, 0) is 0 Å². The first-order chi connectivity index (χ1) is 12.2. The molecule has 3 rings (SSSR count). The summed E-state index contributed by atoms with van der Waals surface area (Å²) >= 11 is 0. The van der Waals surface area contributed by atoms with E-state index in [0.717, 1.165) is 22.7 Å². The third-order valence-corrected chi connectivity index (χ3v) is 3.64. The van der Waals surface area contributed by atoms with Crippen LogP contribution in [0.3, 0.4) is 0 Å². The Kier molecular flexibility index (Phi) is 4.89. The highest BCUT2D eigenvalue weighted by Crippen LogP contribution is 2.18. The number of nitrogens with zero attached hydrogens (tertiary/aromatic N) is 2. The monoisotopic (exact) mass is 334 g/mol. The first kappa shape index (κ1) is 16.4. The molecule has 3 aromatic rings. The fourth-order valence-electron chi connectivity index (χ4n) is 2.23. The Bertz CT molecular complexity index is 861. The van der Waals surface area contributed by atoms with Gasteiger partial charge in [0.2, 0.25) is 0 Å². The molecular weight excluding hydrogens is 316 g/mol. The number of rotatable bonds is 5. The van der Waals surface area contributed by atoms with Crippen molar-refractivity contribution in [1.29, 1.82) is 0 Å². The molecule has 0 aliphatic heterocycles. The lowest BCUT2D eigenvalue weighted by atomic mass is 10.2. The average Bonchev–Trinajstić information content (AvgIpc) is 2.65. The van der Waals surface area contributed by atoms with Crippen molar-refractivity contribution >= 4 is 23.1 Å². The Morgan fingerprint density at radius 1 is 1.00 bits per heavy atom. The molecule has 0 atom stereocenters. The number of aromatic nitrogens is 2. The van der Waals surface area contributed by atoms with Crippen LogP contribution in [0.2, 0.25) is 0 Å². The molecule has 1 aromatic heterocycles. The minimum Gasteiger partial charge on any atom is -0.497 e. The van der Waals surface area contributed by atoms with E-state index in [1.165, 1.54) is 12.4 Å². The normalized spacial score (nSPS) is 10.2. The maximum absolute atomic E-state index is 12.3. The van der Waals surface area contributed by atoms with E-state index in [2.05, 4.69) is 20.6 Å². The van der Waals surface area contributed by atoms with E-state index in [4.69, 9.17) is 4.74 Å². The number of carbonyl (C=O) groups excluding carboxylic acids is 1. The molecule has 25 heavy (non-hydrogen) atoms. The fraction of sp³-hybridized carbons (Fsp3) is 0.105. The predicted molar refractivity (Wildman–Crippen MR) is 97.4 cm³/mol. The van der Waals surface area contributed by atoms with Gasteiger partial charge in [0.1, 0.15) is 17.3 Å². The highest BCUT2D eigenvalue weighted by Gasteiger charge is 2.09. The van der Waals surface area contributed by atoms with Crippen LogP contribution in [-0.4, -0.2) is 23.0 Å². The van der Waals surface area contributed by atoms with Crippen LogP contribution in [0.15, 0.2) is 60.9 Å². The number of hydrogen-bond donors (Lipinski definition) is 2. The van der Waals surface area contributed by atoms with Gasteiger partial charge in [-0.2, -0.15) is 0 Å². The summed E-state index contributed by atoms with van der Waals surface area (Å²) in [7, 11) is 1.62. The zero-order valence-electron chi connectivity index (χ0n) is 14.0. The van der Waals surface area contributed by atoms with Gasteiger partial charge in [0.25, 0.3) is 5.91 Å². The zero-order chi connectivity index (χ0) is 17.6. The number of benzene rings is 2. The van der Waals surface area contributed by atoms with Gasteiger partial charge in [-0.05, 0) is 42.8 Å². The van der Waals surface area contributed by atoms with Crippen LogP contribution in [0.4, 0.5) is 17.2 Å². The molecule has 0 saturated heterocycles. The Hall–Kier alpha value is -3.41. The third-order valence-electron chi connectivity index (χ3n) is 3.64. The first-order valence-corrected chi connectivity index (χ1v) is 7.76. The van der Waals surface area contributed by atoms with Crippen LogP contribution in [0, 0.1) is 6.92 Å². The number of para-hydroxylation sites is 1. The van der Waals surface area contributed by atoms with Gasteiger partial charge in [-0.15, -0.1) is 0 Å². The molecule has 0 radical (unpaired) electrons. The minimum absolute atomic E-state index is 0.253. The molecule has 0 fully saturated rings. The van der Waals surface area contributed by atoms with Gasteiger partial charge in [-0.1, -0.05) is 18.2 Å². The van der Waals surface area contributed by atoms with Gasteiger partial charge in [0.15, 0.2) is 0 Å². The summed E-state index contributed by atoms with van der Waals surface area (Å²) in [6, 6.07) is 15.0. The van der Waals surface area contributed by atoms with Gasteiger partial charge in [-0.3, -0.25) is 4.79 Å². The summed E-state index contributed by atoms with van der Waals surface area (Å²) in [6.45, 7) is 1.93. The summed E-state index contributed by atoms with van der Waals surface area (Å²) < 4.78 is 5.12. The maximum atomic E-state index is 12.3. The molecule has 126 valence electrons. The highest BCUT2D eigenvalue weighted by atomic mass is 16.5. The van der Waals surface area contributed by atoms with Crippen LogP contribution < -0.4 is 15.4 Å². The van der Waals surface area contributed by atoms with E-state index in [1.807, 2.05) is 55.5 Å². The predicted octanol–water partition coefficient (Wildman–Crippen LogP) is 3.79. The lowest BCUT2D eigenvalue weighted by Crippen LogP contribution is -2.15. The molecule has 0 spiro atoms. The van der Waals surface area contributed by atoms with Crippen molar-refractivity contribution in [2.24, 2.45) is 0 Å². The second-order valence-corrected chi connectivity index (χ2v) is 5.41. The molecule has 2 aromatic carbocycles. The fourth-order valence-corrected chi connectivity index (χ4v) is 2.23. The molecule has 6 nitrogen and oxygen atoms in total. The first-order valence-electron chi connectivity index (χ1n) is 7.76. The van der Waals surface area contributed by atoms with Crippen LogP contribution in [0.25, 0.3) is 0 Å². The summed E-state index contributed by atoms with van der Waals surface area (Å²) in [4.78, 5) is 20.7. The average molecular weight is 334 g/mol. The van der Waals surface area contributed by atoms with Crippen LogP contribution in [0.1, 0.15) is 16.1 Å². The minimum atomic E-state index is -0.294. The number of aryl methyl sites for hydroxylation is 1. The number of ether oxygens (including phenoxy) is 1. The van der Waals surface area contributed by atoms with Crippen molar-refractivity contribution in [1.82, 2.24) is 9.97 Å². The van der Waals surface area contributed by atoms with Gasteiger partial charge >= 0.3 is 0 Å². The molecular formula is C19H18N4O2. The number of anilines is 3. The van der Waals surface area contributed by atoms with Gasteiger partial charge in [0.05, 0.1) is 19.5 Å². The van der Waals surface area contributed by atoms with Gasteiger partial charge < -0.3 is 15.4 Å². The van der Waals surface area contributed by atoms with E-state index >= 15 is 0 Å². The number of hydrogen-bond acceptors (Lipinski definition) is 5. The third kappa shape index (κ3) is 4.11. The van der Waals surface area contributed by atoms with E-state index in [-0.39, 0.29) is 11.6 Å². The van der Waals surface area contributed by atoms with Gasteiger partial charge in [-0.25, -0.2) is 9.97 Å². The quantitative estimate of drug-likeness (QED) is 0.742. The SMILES string of the molecule is COc1ccc(Nc2cnc(C(=O)Nc3ccccc3C)cn2)cc1. The maximum Gasteiger partial charge on any atom is 0.275 e. The topological polar surface area (TPSA) is 76.1 Å². The lowest BCUT2D eigenvalue weighted by Gasteiger charge is -2.09. The van der Waals surface area contributed by atoms with E-state index in [0.29, 0.717) is 5.82 Å².